The van der Waals surface area contributed by atoms with Crippen LogP contribution in [0.4, 0.5) is 10.5 Å². The SMILES string of the molecule is Cc1c(OC(=O)O)ccc2c1N(Cl)CS2. The van der Waals surface area contributed by atoms with Gasteiger partial charge in [0.15, 0.2) is 0 Å². The lowest BCUT2D eigenvalue weighted by atomic mass is 10.2. The molecule has 80 valence electrons. The van der Waals surface area contributed by atoms with Crippen molar-refractivity contribution >= 4 is 35.4 Å². The van der Waals surface area contributed by atoms with Gasteiger partial charge in [-0.15, -0.1) is 11.8 Å². The maximum atomic E-state index is 10.4. The van der Waals surface area contributed by atoms with Gasteiger partial charge in [-0.2, -0.15) is 0 Å². The summed E-state index contributed by atoms with van der Waals surface area (Å²) in [4.78, 5) is 11.5. The zero-order valence-corrected chi connectivity index (χ0v) is 9.43. The highest BCUT2D eigenvalue weighted by Crippen LogP contribution is 2.44. The molecule has 1 aliphatic rings. The van der Waals surface area contributed by atoms with E-state index in [1.54, 1.807) is 29.2 Å². The quantitative estimate of drug-likeness (QED) is 0.468. The van der Waals surface area contributed by atoms with E-state index in [4.69, 9.17) is 16.9 Å². The molecule has 1 aromatic carbocycles. The van der Waals surface area contributed by atoms with Gasteiger partial charge in [0.1, 0.15) is 5.75 Å². The minimum Gasteiger partial charge on any atom is -0.449 e. The van der Waals surface area contributed by atoms with Crippen molar-refractivity contribution in [3.63, 3.8) is 0 Å². The van der Waals surface area contributed by atoms with Crippen LogP contribution in [0.15, 0.2) is 17.0 Å². The van der Waals surface area contributed by atoms with Crippen LogP contribution in [0.25, 0.3) is 0 Å². The van der Waals surface area contributed by atoms with Gasteiger partial charge < -0.3 is 9.84 Å². The van der Waals surface area contributed by atoms with Crippen molar-refractivity contribution in [2.75, 3.05) is 10.3 Å². The van der Waals surface area contributed by atoms with Crippen molar-refractivity contribution in [1.29, 1.82) is 0 Å². The Kier molecular flexibility index (Phi) is 2.67. The molecule has 4 nitrogen and oxygen atoms in total. The number of rotatable bonds is 1. The Hall–Kier alpha value is -1.07. The van der Waals surface area contributed by atoms with Crippen LogP contribution in [-0.4, -0.2) is 17.1 Å². The van der Waals surface area contributed by atoms with Crippen molar-refractivity contribution in [2.24, 2.45) is 0 Å². The van der Waals surface area contributed by atoms with Crippen LogP contribution < -0.4 is 9.16 Å². The third-order valence-electron chi connectivity index (χ3n) is 2.12. The maximum absolute atomic E-state index is 10.4. The first-order valence-electron chi connectivity index (χ1n) is 4.20. The smallest absolute Gasteiger partial charge is 0.449 e. The van der Waals surface area contributed by atoms with Gasteiger partial charge in [0.2, 0.25) is 0 Å². The summed E-state index contributed by atoms with van der Waals surface area (Å²) in [5.74, 6) is 0.989. The van der Waals surface area contributed by atoms with E-state index in [1.807, 2.05) is 6.07 Å². The van der Waals surface area contributed by atoms with Crippen LogP contribution in [0.1, 0.15) is 5.56 Å². The molecule has 0 unspecified atom stereocenters. The summed E-state index contributed by atoms with van der Waals surface area (Å²) >= 11 is 7.57. The second-order valence-electron chi connectivity index (χ2n) is 3.04. The molecule has 0 bridgehead atoms. The maximum Gasteiger partial charge on any atom is 0.511 e. The number of carbonyl (C=O) groups is 1. The minimum atomic E-state index is -1.31. The van der Waals surface area contributed by atoms with Gasteiger partial charge in [0, 0.05) is 22.2 Å². The Morgan fingerprint density at radius 1 is 1.67 bits per heavy atom. The van der Waals surface area contributed by atoms with E-state index < -0.39 is 6.16 Å². The van der Waals surface area contributed by atoms with Crippen molar-refractivity contribution in [3.05, 3.63) is 17.7 Å². The van der Waals surface area contributed by atoms with Gasteiger partial charge in [-0.1, -0.05) is 0 Å². The monoisotopic (exact) mass is 245 g/mol. The Labute approximate surface area is 95.9 Å². The van der Waals surface area contributed by atoms with E-state index >= 15 is 0 Å². The Morgan fingerprint density at radius 2 is 2.40 bits per heavy atom. The molecule has 0 fully saturated rings. The fraction of sp³-hybridized carbons (Fsp3) is 0.222. The van der Waals surface area contributed by atoms with Crippen LogP contribution in [0, 0.1) is 6.92 Å². The van der Waals surface area contributed by atoms with Gasteiger partial charge in [-0.25, -0.2) is 4.79 Å². The molecule has 0 saturated carbocycles. The molecule has 1 heterocycles. The van der Waals surface area contributed by atoms with Crippen molar-refractivity contribution in [1.82, 2.24) is 0 Å². The molecule has 1 aromatic rings. The van der Waals surface area contributed by atoms with E-state index in [0.29, 0.717) is 11.6 Å². The molecule has 6 heteroatoms. The average molecular weight is 246 g/mol. The summed E-state index contributed by atoms with van der Waals surface area (Å²) in [6.45, 7) is 1.79. The van der Waals surface area contributed by atoms with Crippen LogP contribution in [0.3, 0.4) is 0 Å². The zero-order chi connectivity index (χ0) is 11.0. The number of hydrogen-bond donors (Lipinski definition) is 1. The third kappa shape index (κ3) is 1.85. The third-order valence-corrected chi connectivity index (χ3v) is 3.58. The molecule has 0 aliphatic carbocycles. The number of benzene rings is 1. The number of fused-ring (bicyclic) bond motifs is 1. The van der Waals surface area contributed by atoms with Gasteiger partial charge in [0.25, 0.3) is 0 Å². The summed E-state index contributed by atoms with van der Waals surface area (Å²) in [6.07, 6.45) is -1.31. The second-order valence-corrected chi connectivity index (χ2v) is 4.43. The van der Waals surface area contributed by atoms with Gasteiger partial charge >= 0.3 is 6.16 Å². The summed E-state index contributed by atoms with van der Waals surface area (Å²) in [7, 11) is 0. The van der Waals surface area contributed by atoms with E-state index in [2.05, 4.69) is 4.74 Å². The molecular formula is C9H8ClNO3S. The highest BCUT2D eigenvalue weighted by molar-refractivity contribution is 8.00. The fourth-order valence-electron chi connectivity index (χ4n) is 1.47. The molecule has 0 aromatic heterocycles. The number of halogens is 1. The number of ether oxygens (including phenoxy) is 1. The molecule has 0 saturated heterocycles. The van der Waals surface area contributed by atoms with E-state index in [9.17, 15) is 4.79 Å². The normalized spacial score (nSPS) is 13.9. The summed E-state index contributed by atoms with van der Waals surface area (Å²) in [6, 6.07) is 3.46. The minimum absolute atomic E-state index is 0.328. The topological polar surface area (TPSA) is 49.8 Å². The first-order valence-corrected chi connectivity index (χ1v) is 5.52. The van der Waals surface area contributed by atoms with Gasteiger partial charge in [0.05, 0.1) is 11.6 Å². The Morgan fingerprint density at radius 3 is 3.07 bits per heavy atom. The summed E-state index contributed by atoms with van der Waals surface area (Å²) < 4.78 is 6.20. The Bertz CT molecular complexity index is 424. The first kappa shape index (κ1) is 10.4. The van der Waals surface area contributed by atoms with Crippen LogP contribution >= 0.6 is 23.5 Å². The second kappa shape index (κ2) is 3.83. The highest BCUT2D eigenvalue weighted by atomic mass is 35.5. The number of hydrogen-bond acceptors (Lipinski definition) is 4. The highest BCUT2D eigenvalue weighted by Gasteiger charge is 2.23. The molecular weight excluding hydrogens is 238 g/mol. The zero-order valence-electron chi connectivity index (χ0n) is 7.86. The lowest BCUT2D eigenvalue weighted by Gasteiger charge is -2.12. The first-order chi connectivity index (χ1) is 7.09. The molecule has 1 aliphatic heterocycles. The Balaban J connectivity index is 2.44. The lowest BCUT2D eigenvalue weighted by Crippen LogP contribution is -2.08. The number of nitrogens with zero attached hydrogens (tertiary/aromatic N) is 1. The number of thioether (sulfide) groups is 1. The van der Waals surface area contributed by atoms with Gasteiger partial charge in [-0.05, 0) is 19.1 Å². The molecule has 15 heavy (non-hydrogen) atoms. The van der Waals surface area contributed by atoms with Gasteiger partial charge in [-0.3, -0.25) is 4.42 Å². The molecule has 0 spiro atoms. The fourth-order valence-corrected chi connectivity index (χ4v) is 2.83. The standard InChI is InChI=1S/C9H8ClNO3S/c1-5-6(14-9(12)13)2-3-7-8(5)11(10)4-15-7/h2-3H,4H2,1H3,(H,12,13). The van der Waals surface area contributed by atoms with E-state index in [0.717, 1.165) is 16.1 Å². The molecule has 1 N–H and O–H groups in total. The van der Waals surface area contributed by atoms with Crippen LogP contribution in [0.5, 0.6) is 5.75 Å². The largest absolute Gasteiger partial charge is 0.511 e. The molecule has 0 radical (unpaired) electrons. The summed E-state index contributed by atoms with van der Waals surface area (Å²) in [5, 5.41) is 8.53. The average Bonchev–Trinajstić information content (AvgIpc) is 2.53. The predicted molar refractivity (Wildman–Crippen MR) is 58.9 cm³/mol. The van der Waals surface area contributed by atoms with Crippen LogP contribution in [0.2, 0.25) is 0 Å². The molecule has 0 atom stereocenters. The lowest BCUT2D eigenvalue weighted by molar-refractivity contribution is 0.144. The van der Waals surface area contributed by atoms with Crippen molar-refractivity contribution in [2.45, 2.75) is 11.8 Å². The number of carboxylic acid groups (broad SMARTS) is 1. The molecule has 2 rings (SSSR count). The predicted octanol–water partition coefficient (Wildman–Crippen LogP) is 3.08. The molecule has 0 amide bonds. The van der Waals surface area contributed by atoms with E-state index in [-0.39, 0.29) is 0 Å². The number of anilines is 1. The van der Waals surface area contributed by atoms with Crippen molar-refractivity contribution < 1.29 is 14.6 Å². The van der Waals surface area contributed by atoms with Crippen molar-refractivity contribution in [3.8, 4) is 5.75 Å². The summed E-state index contributed by atoms with van der Waals surface area (Å²) in [5.41, 5.74) is 1.58. The van der Waals surface area contributed by atoms with E-state index in [1.165, 1.54) is 0 Å². The van der Waals surface area contributed by atoms with Crippen LogP contribution in [-0.2, 0) is 0 Å².